The number of hydrogen-bond acceptors (Lipinski definition) is 6. The van der Waals surface area contributed by atoms with E-state index in [1.165, 1.54) is 13.2 Å². The molecule has 3 aliphatic heterocycles. The minimum Gasteiger partial charge on any atom is -0.492 e. The first-order chi connectivity index (χ1) is 20.5. The molecule has 2 unspecified atom stereocenters. The molecular formula is C32H36FN5O4. The lowest BCUT2D eigenvalue weighted by Gasteiger charge is -2.33. The van der Waals surface area contributed by atoms with Crippen LogP contribution in [0.3, 0.4) is 0 Å². The molecule has 2 atom stereocenters. The molecule has 0 aliphatic carbocycles. The molecule has 3 aromatic rings. The molecule has 0 radical (unpaired) electrons. The van der Waals surface area contributed by atoms with E-state index in [4.69, 9.17) is 9.47 Å². The van der Waals surface area contributed by atoms with Crippen LogP contribution in [0.5, 0.6) is 11.5 Å². The minimum atomic E-state index is -0.508. The van der Waals surface area contributed by atoms with Crippen LogP contribution < -0.4 is 20.1 Å². The van der Waals surface area contributed by atoms with Gasteiger partial charge in [-0.2, -0.15) is 0 Å². The van der Waals surface area contributed by atoms with Crippen LogP contribution in [-0.4, -0.2) is 60.0 Å². The quantitative estimate of drug-likeness (QED) is 0.355. The number of ether oxygens (including phenoxy) is 2. The number of aromatic amines is 1. The third-order valence-corrected chi connectivity index (χ3v) is 8.35. The maximum Gasteiger partial charge on any atom is 0.255 e. The molecule has 2 amide bonds. The zero-order valence-corrected chi connectivity index (χ0v) is 23.7. The number of halogens is 1. The number of H-pyrrole nitrogens is 1. The van der Waals surface area contributed by atoms with Crippen LogP contribution in [0, 0.1) is 11.7 Å². The smallest absolute Gasteiger partial charge is 0.255 e. The number of rotatable bonds is 3. The average molecular weight is 574 g/mol. The fourth-order valence-corrected chi connectivity index (χ4v) is 6.19. The molecule has 1 saturated heterocycles. The van der Waals surface area contributed by atoms with Crippen molar-refractivity contribution >= 4 is 23.2 Å². The van der Waals surface area contributed by atoms with E-state index in [1.807, 2.05) is 11.0 Å². The molecule has 9 nitrogen and oxygen atoms in total. The maximum absolute atomic E-state index is 14.7. The number of para-hydroxylation sites is 1. The molecule has 1 aromatic carbocycles. The molecule has 0 saturated carbocycles. The van der Waals surface area contributed by atoms with Crippen molar-refractivity contribution in [2.24, 2.45) is 5.92 Å². The summed E-state index contributed by atoms with van der Waals surface area (Å²) in [5, 5.41) is 6.36. The molecule has 10 heteroatoms. The summed E-state index contributed by atoms with van der Waals surface area (Å²) in [5.41, 5.74) is 3.58. The highest BCUT2D eigenvalue weighted by molar-refractivity contribution is 6.07. The second kappa shape index (κ2) is 12.3. The predicted molar refractivity (Wildman–Crippen MR) is 158 cm³/mol. The van der Waals surface area contributed by atoms with Crippen LogP contribution in [0.25, 0.3) is 11.3 Å². The number of allylic oxidation sites excluding steroid dienone is 2. The van der Waals surface area contributed by atoms with E-state index in [2.05, 4.69) is 32.8 Å². The van der Waals surface area contributed by atoms with Crippen molar-refractivity contribution in [1.29, 1.82) is 0 Å². The zero-order valence-electron chi connectivity index (χ0n) is 23.7. The molecule has 4 bridgehead atoms. The molecule has 1 fully saturated rings. The van der Waals surface area contributed by atoms with E-state index in [0.29, 0.717) is 60.9 Å². The number of hydrogen-bond donors (Lipinski definition) is 3. The number of carbonyl (C=O) groups excluding carboxylic acids is 2. The molecule has 3 N–H and O–H groups in total. The van der Waals surface area contributed by atoms with Crippen LogP contribution in [0.15, 0.2) is 48.8 Å². The second-order valence-corrected chi connectivity index (χ2v) is 11.1. The highest BCUT2D eigenvalue weighted by Gasteiger charge is 2.34. The highest BCUT2D eigenvalue weighted by Crippen LogP contribution is 2.44. The van der Waals surface area contributed by atoms with Crippen LogP contribution in [0.1, 0.15) is 60.5 Å². The van der Waals surface area contributed by atoms with E-state index in [-0.39, 0.29) is 29.4 Å². The van der Waals surface area contributed by atoms with E-state index in [1.54, 1.807) is 24.5 Å². The van der Waals surface area contributed by atoms with Gasteiger partial charge in [0.05, 0.1) is 42.5 Å². The topological polar surface area (TPSA) is 109 Å². The Morgan fingerprint density at radius 1 is 1.19 bits per heavy atom. The Bertz CT molecular complexity index is 1500. The number of anilines is 2. The summed E-state index contributed by atoms with van der Waals surface area (Å²) in [6, 6.07) is 6.49. The molecule has 6 rings (SSSR count). The number of methoxy groups -OCH3 is 1. The van der Waals surface area contributed by atoms with E-state index in [0.717, 1.165) is 43.5 Å². The minimum absolute atomic E-state index is 0.00477. The van der Waals surface area contributed by atoms with Gasteiger partial charge in [-0.1, -0.05) is 18.2 Å². The summed E-state index contributed by atoms with van der Waals surface area (Å²) in [6.07, 6.45) is 12.4. The Hall–Kier alpha value is -4.34. The second-order valence-electron chi connectivity index (χ2n) is 11.1. The maximum atomic E-state index is 14.7. The van der Waals surface area contributed by atoms with Gasteiger partial charge in [-0.05, 0) is 50.3 Å². The monoisotopic (exact) mass is 573 g/mol. The standard InChI is InChI=1S/C32H36FN5O4/c1-41-31-23(33)10-6-11-24(31)36-30-27-28-21(16-35-32(27)40)9-4-2-3-5-12-26(39)38-15-7-8-20(18-38)19-42-25-17-34-14-13-22(25)29(30)37-28/h2,4,6,10-11,13-14,17,20-21,36-37H,3,5,7-9,12,15-16,18-19H2,1H3,(H,35,40). The van der Waals surface area contributed by atoms with Gasteiger partial charge in [-0.25, -0.2) is 4.39 Å². The van der Waals surface area contributed by atoms with Gasteiger partial charge in [-0.15, -0.1) is 0 Å². The number of pyridine rings is 1. The lowest BCUT2D eigenvalue weighted by Crippen LogP contribution is -2.41. The van der Waals surface area contributed by atoms with Gasteiger partial charge in [0.15, 0.2) is 11.6 Å². The van der Waals surface area contributed by atoms with Crippen molar-refractivity contribution in [3.05, 3.63) is 65.9 Å². The molecule has 2 aromatic heterocycles. The predicted octanol–water partition coefficient (Wildman–Crippen LogP) is 5.54. The fraction of sp³-hybridized carbons (Fsp3) is 0.406. The van der Waals surface area contributed by atoms with Crippen molar-refractivity contribution in [2.45, 2.75) is 44.4 Å². The van der Waals surface area contributed by atoms with Crippen LogP contribution in [0.2, 0.25) is 0 Å². The first kappa shape index (κ1) is 27.8. The molecule has 42 heavy (non-hydrogen) atoms. The summed E-state index contributed by atoms with van der Waals surface area (Å²) in [7, 11) is 1.41. The fourth-order valence-electron chi connectivity index (χ4n) is 6.19. The molecule has 220 valence electrons. The van der Waals surface area contributed by atoms with Crippen molar-refractivity contribution in [3.8, 4) is 22.8 Å². The van der Waals surface area contributed by atoms with E-state index < -0.39 is 5.82 Å². The molecule has 5 heterocycles. The van der Waals surface area contributed by atoms with Gasteiger partial charge in [0.25, 0.3) is 5.91 Å². The number of nitrogens with one attached hydrogen (secondary N) is 3. The van der Waals surface area contributed by atoms with Crippen LogP contribution in [0.4, 0.5) is 15.8 Å². The van der Waals surface area contributed by atoms with Crippen molar-refractivity contribution < 1.29 is 23.5 Å². The van der Waals surface area contributed by atoms with Crippen molar-refractivity contribution in [3.63, 3.8) is 0 Å². The van der Waals surface area contributed by atoms with Gasteiger partial charge in [0, 0.05) is 55.3 Å². The summed E-state index contributed by atoms with van der Waals surface area (Å²) in [5.74, 6) is 0.302. The van der Waals surface area contributed by atoms with Gasteiger partial charge >= 0.3 is 0 Å². The summed E-state index contributed by atoms with van der Waals surface area (Å²) in [6.45, 7) is 2.39. The largest absolute Gasteiger partial charge is 0.492 e. The summed E-state index contributed by atoms with van der Waals surface area (Å²) < 4.78 is 26.4. The number of aromatic nitrogens is 2. The number of nitrogens with zero attached hydrogens (tertiary/aromatic N) is 2. The van der Waals surface area contributed by atoms with Gasteiger partial charge in [0.2, 0.25) is 5.91 Å². The molecule has 3 aliphatic rings. The SMILES string of the molecule is COc1c(F)cccc1Nc1c2[nH]c3c1C(=O)NCC3CC=CCCCC(=O)N1CCCC(COc3cnccc3-2)C1. The lowest BCUT2D eigenvalue weighted by atomic mass is 9.93. The van der Waals surface area contributed by atoms with Crippen LogP contribution >= 0.6 is 0 Å². The highest BCUT2D eigenvalue weighted by atomic mass is 19.1. The Labute approximate surface area is 244 Å². The Kier molecular flexibility index (Phi) is 8.12. The van der Waals surface area contributed by atoms with E-state index in [9.17, 15) is 14.0 Å². The summed E-state index contributed by atoms with van der Waals surface area (Å²) >= 11 is 0. The average Bonchev–Trinajstić information content (AvgIpc) is 3.38. The lowest BCUT2D eigenvalue weighted by molar-refractivity contribution is -0.133. The number of fused-ring (bicyclic) bond motifs is 5. The first-order valence-electron chi connectivity index (χ1n) is 14.7. The molecular weight excluding hydrogens is 537 g/mol. The number of carbonyl (C=O) groups is 2. The van der Waals surface area contributed by atoms with Gasteiger partial charge in [0.1, 0.15) is 5.75 Å². The number of benzene rings is 1. The van der Waals surface area contributed by atoms with Gasteiger partial charge < -0.3 is 30.0 Å². The third kappa shape index (κ3) is 5.57. The third-order valence-electron chi connectivity index (χ3n) is 8.35. The zero-order chi connectivity index (χ0) is 29.1. The van der Waals surface area contributed by atoms with Gasteiger partial charge in [-0.3, -0.25) is 14.6 Å². The molecule has 0 spiro atoms. The number of piperidine rings is 1. The van der Waals surface area contributed by atoms with Crippen molar-refractivity contribution in [2.75, 3.05) is 38.7 Å². The Morgan fingerprint density at radius 3 is 2.98 bits per heavy atom. The normalized spacial score (nSPS) is 21.0. The Balaban J connectivity index is 1.45. The van der Waals surface area contributed by atoms with Crippen LogP contribution in [-0.2, 0) is 4.79 Å². The summed E-state index contributed by atoms with van der Waals surface area (Å²) in [4.78, 5) is 36.1. The Morgan fingerprint density at radius 2 is 2.10 bits per heavy atom. The first-order valence-corrected chi connectivity index (χ1v) is 14.7. The van der Waals surface area contributed by atoms with E-state index >= 15 is 0 Å². The van der Waals surface area contributed by atoms with Crippen molar-refractivity contribution in [1.82, 2.24) is 20.2 Å². The number of amides is 2.